The Kier molecular flexibility index (Phi) is 4.49. The Hall–Kier alpha value is -1.48. The van der Waals surface area contributed by atoms with E-state index in [4.69, 9.17) is 0 Å². The highest BCUT2D eigenvalue weighted by Gasteiger charge is 2.27. The topological polar surface area (TPSA) is 20.3 Å². The van der Waals surface area contributed by atoms with Gasteiger partial charge in [0.25, 0.3) is 0 Å². The average molecular weight is 299 g/mol. The van der Waals surface area contributed by atoms with Gasteiger partial charge in [-0.2, -0.15) is 0 Å². The Morgan fingerprint density at radius 3 is 2.86 bits per heavy atom. The first-order valence-corrected chi connectivity index (χ1v) is 8.55. The number of rotatable bonds is 2. The van der Waals surface area contributed by atoms with Gasteiger partial charge < -0.3 is 4.90 Å². The van der Waals surface area contributed by atoms with Crippen LogP contribution in [0.5, 0.6) is 0 Å². The van der Waals surface area contributed by atoms with E-state index in [0.717, 1.165) is 17.9 Å². The molecule has 0 unspecified atom stereocenters. The third-order valence-corrected chi connectivity index (χ3v) is 5.00. The summed E-state index contributed by atoms with van der Waals surface area (Å²) in [4.78, 5) is 15.1. The fourth-order valence-corrected chi connectivity index (χ4v) is 4.11. The maximum Gasteiger partial charge on any atom is 0.155 e. The zero-order valence-electron chi connectivity index (χ0n) is 12.5. The fraction of sp³-hybridized carbons (Fsp3) is 0.389. The van der Waals surface area contributed by atoms with Crippen molar-refractivity contribution in [2.24, 2.45) is 0 Å². The van der Waals surface area contributed by atoms with Crippen LogP contribution in [0, 0.1) is 0 Å². The number of allylic oxidation sites excluding steroid dienone is 3. The minimum Gasteiger partial charge on any atom is -0.307 e. The predicted molar refractivity (Wildman–Crippen MR) is 89.3 cm³/mol. The minimum absolute atomic E-state index is 0.113. The van der Waals surface area contributed by atoms with Gasteiger partial charge in [0.05, 0.1) is 10.7 Å². The summed E-state index contributed by atoms with van der Waals surface area (Å²) in [7, 11) is 0. The van der Waals surface area contributed by atoms with Gasteiger partial charge in [0.2, 0.25) is 0 Å². The number of hydrogen-bond donors (Lipinski definition) is 0. The Balaban J connectivity index is 2.00. The summed E-state index contributed by atoms with van der Waals surface area (Å²) >= 11 is 1.70. The normalized spacial score (nSPS) is 23.2. The van der Waals surface area contributed by atoms with Gasteiger partial charge in [0, 0.05) is 16.7 Å². The lowest BCUT2D eigenvalue weighted by Crippen LogP contribution is -2.18. The van der Waals surface area contributed by atoms with E-state index < -0.39 is 0 Å². The van der Waals surface area contributed by atoms with Gasteiger partial charge in [-0.25, -0.2) is 0 Å². The molecule has 3 heteroatoms. The Bertz CT molecular complexity index is 603. The molecule has 0 fully saturated rings. The first kappa shape index (κ1) is 14.5. The van der Waals surface area contributed by atoms with E-state index in [9.17, 15) is 4.79 Å². The number of fused-ring (bicyclic) bond motifs is 1. The molecule has 0 bridgehead atoms. The summed E-state index contributed by atoms with van der Waals surface area (Å²) in [6, 6.07) is 8.43. The molecule has 0 saturated carbocycles. The lowest BCUT2D eigenvalue weighted by molar-refractivity contribution is -0.112. The molecule has 1 aliphatic heterocycles. The SMILES string of the molecule is CC(=O)/C=C1\Sc2ccccc2N1/C1=C/CCCCCC1. The first-order chi connectivity index (χ1) is 10.3. The van der Waals surface area contributed by atoms with E-state index >= 15 is 0 Å². The molecule has 0 N–H and O–H groups in total. The Morgan fingerprint density at radius 1 is 1.19 bits per heavy atom. The number of carbonyl (C=O) groups excluding carboxylic acids is 1. The van der Waals surface area contributed by atoms with Crippen LogP contribution in [0.3, 0.4) is 0 Å². The van der Waals surface area contributed by atoms with E-state index in [1.165, 1.54) is 42.0 Å². The number of hydrogen-bond acceptors (Lipinski definition) is 3. The van der Waals surface area contributed by atoms with Gasteiger partial charge in [-0.05, 0) is 44.7 Å². The monoisotopic (exact) mass is 299 g/mol. The van der Waals surface area contributed by atoms with Crippen molar-refractivity contribution in [1.29, 1.82) is 0 Å². The molecule has 0 spiro atoms. The fourth-order valence-electron chi connectivity index (χ4n) is 2.95. The molecule has 110 valence electrons. The molecule has 1 heterocycles. The summed E-state index contributed by atoms with van der Waals surface area (Å²) in [5.41, 5.74) is 2.58. The molecule has 1 aromatic carbocycles. The van der Waals surface area contributed by atoms with Crippen LogP contribution in [-0.2, 0) is 4.79 Å². The largest absolute Gasteiger partial charge is 0.307 e. The predicted octanol–water partition coefficient (Wildman–Crippen LogP) is 5.27. The second-order valence-electron chi connectivity index (χ2n) is 5.65. The quantitative estimate of drug-likeness (QED) is 0.694. The molecule has 0 aromatic heterocycles. The summed E-state index contributed by atoms with van der Waals surface area (Å²) in [6.45, 7) is 1.63. The molecule has 1 aromatic rings. The van der Waals surface area contributed by atoms with Crippen molar-refractivity contribution in [3.63, 3.8) is 0 Å². The highest BCUT2D eigenvalue weighted by Crippen LogP contribution is 2.48. The zero-order valence-corrected chi connectivity index (χ0v) is 13.3. The molecule has 1 aliphatic carbocycles. The summed E-state index contributed by atoms with van der Waals surface area (Å²) < 4.78 is 0. The number of anilines is 1. The van der Waals surface area contributed by atoms with Crippen molar-refractivity contribution >= 4 is 23.2 Å². The number of benzene rings is 1. The lowest BCUT2D eigenvalue weighted by atomic mass is 10.0. The average Bonchev–Trinajstić information content (AvgIpc) is 2.76. The van der Waals surface area contributed by atoms with Crippen LogP contribution in [0.1, 0.15) is 45.4 Å². The molecule has 0 saturated heterocycles. The molecular weight excluding hydrogens is 278 g/mol. The van der Waals surface area contributed by atoms with Crippen molar-refractivity contribution in [3.05, 3.63) is 47.1 Å². The van der Waals surface area contributed by atoms with E-state index in [1.807, 2.05) is 0 Å². The Morgan fingerprint density at radius 2 is 2.00 bits per heavy atom. The van der Waals surface area contributed by atoms with Gasteiger partial charge in [0.1, 0.15) is 0 Å². The summed E-state index contributed by atoms with van der Waals surface area (Å²) in [5.74, 6) is 0.113. The van der Waals surface area contributed by atoms with E-state index in [1.54, 1.807) is 24.8 Å². The molecule has 0 amide bonds. The second kappa shape index (κ2) is 6.52. The Labute approximate surface area is 130 Å². The smallest absolute Gasteiger partial charge is 0.155 e. The standard InChI is InChI=1S/C18H21NOS/c1-14(20)13-18-19(15-9-5-3-2-4-6-10-15)16-11-7-8-12-17(16)21-18/h7-9,11-13H,2-6,10H2,1H3/b15-9+,18-13-. The highest BCUT2D eigenvalue weighted by molar-refractivity contribution is 8.03. The zero-order chi connectivity index (χ0) is 14.7. The molecule has 3 rings (SSSR count). The van der Waals surface area contributed by atoms with Crippen molar-refractivity contribution in [1.82, 2.24) is 0 Å². The van der Waals surface area contributed by atoms with Gasteiger partial charge in [-0.1, -0.05) is 42.8 Å². The molecule has 21 heavy (non-hydrogen) atoms. The van der Waals surface area contributed by atoms with Crippen LogP contribution in [0.15, 0.2) is 52.0 Å². The van der Waals surface area contributed by atoms with E-state index in [0.29, 0.717) is 0 Å². The maximum absolute atomic E-state index is 11.6. The number of para-hydroxylation sites is 1. The second-order valence-corrected chi connectivity index (χ2v) is 6.71. The third-order valence-electron chi connectivity index (χ3n) is 3.92. The van der Waals surface area contributed by atoms with Crippen molar-refractivity contribution in [3.8, 4) is 0 Å². The van der Waals surface area contributed by atoms with Crippen LogP contribution in [0.25, 0.3) is 0 Å². The van der Waals surface area contributed by atoms with Crippen LogP contribution in [0.2, 0.25) is 0 Å². The number of thioether (sulfide) groups is 1. The number of ketones is 1. The van der Waals surface area contributed by atoms with Crippen LogP contribution in [-0.4, -0.2) is 5.78 Å². The van der Waals surface area contributed by atoms with Gasteiger partial charge in [-0.15, -0.1) is 0 Å². The molecule has 2 aliphatic rings. The molecule has 2 nitrogen and oxygen atoms in total. The molecule has 0 atom stereocenters. The van der Waals surface area contributed by atoms with Crippen LogP contribution in [0.4, 0.5) is 5.69 Å². The summed E-state index contributed by atoms with van der Waals surface area (Å²) in [6.07, 6.45) is 11.5. The van der Waals surface area contributed by atoms with Gasteiger partial charge in [-0.3, -0.25) is 4.79 Å². The van der Waals surface area contributed by atoms with Crippen molar-refractivity contribution in [2.75, 3.05) is 4.90 Å². The van der Waals surface area contributed by atoms with Crippen molar-refractivity contribution in [2.45, 2.75) is 50.3 Å². The minimum atomic E-state index is 0.113. The highest BCUT2D eigenvalue weighted by atomic mass is 32.2. The van der Waals surface area contributed by atoms with Gasteiger partial charge >= 0.3 is 0 Å². The van der Waals surface area contributed by atoms with Crippen LogP contribution < -0.4 is 4.90 Å². The lowest BCUT2D eigenvalue weighted by Gasteiger charge is -2.25. The number of carbonyl (C=O) groups is 1. The van der Waals surface area contributed by atoms with E-state index in [2.05, 4.69) is 35.2 Å². The van der Waals surface area contributed by atoms with Crippen molar-refractivity contribution < 1.29 is 4.79 Å². The van der Waals surface area contributed by atoms with E-state index in [-0.39, 0.29) is 5.78 Å². The molecular formula is C18H21NOS. The van der Waals surface area contributed by atoms with Crippen LogP contribution >= 0.6 is 11.8 Å². The first-order valence-electron chi connectivity index (χ1n) is 7.74. The number of nitrogens with zero attached hydrogens (tertiary/aromatic N) is 1. The third kappa shape index (κ3) is 3.24. The summed E-state index contributed by atoms with van der Waals surface area (Å²) in [5, 5.41) is 1.05. The molecule has 0 radical (unpaired) electrons. The maximum atomic E-state index is 11.6. The van der Waals surface area contributed by atoms with Gasteiger partial charge in [0.15, 0.2) is 5.78 Å².